The monoisotopic (exact) mass is 863 g/mol. The van der Waals surface area contributed by atoms with Crippen LogP contribution in [-0.4, -0.2) is 115 Å². The summed E-state index contributed by atoms with van der Waals surface area (Å²) in [5, 5.41) is 1.88. The van der Waals surface area contributed by atoms with Crippen LogP contribution in [0.4, 0.5) is 10.5 Å². The summed E-state index contributed by atoms with van der Waals surface area (Å²) in [6.45, 7) is 10.4. The second kappa shape index (κ2) is 16.9. The van der Waals surface area contributed by atoms with Gasteiger partial charge in [-0.05, 0) is 74.1 Å². The number of pyridine rings is 1. The molecule has 18 nitrogen and oxygen atoms in total. The number of aromatic nitrogens is 3. The molecule has 2 aliphatic carbocycles. The van der Waals surface area contributed by atoms with Crippen LogP contribution in [0.5, 0.6) is 0 Å². The van der Waals surface area contributed by atoms with Crippen molar-refractivity contribution in [1.82, 2.24) is 19.5 Å². The number of anilines is 1. The zero-order valence-corrected chi connectivity index (χ0v) is 36.2. The molecule has 4 fully saturated rings. The summed E-state index contributed by atoms with van der Waals surface area (Å²) in [5.74, 6) is -2.38. The SMILES string of the molecule is CCOP(=O)(OCC)[C@@](COC)(OC[C@H]1O[C@@H](n2ncc3c(N(C(=O)OC(C)(C)C)C4CCCC4)cc(Cl)nc32)[C@@H]2OC(C)(C)O[C@@H]21)C(=O)NS(=O)(=O)C1CCC1. The summed E-state index contributed by atoms with van der Waals surface area (Å²) < 4.78 is 92.6. The minimum absolute atomic E-state index is 0.0963. The number of nitrogens with zero attached hydrogens (tertiary/aromatic N) is 4. The zero-order valence-electron chi connectivity index (χ0n) is 33.7. The van der Waals surface area contributed by atoms with Crippen LogP contribution in [0.1, 0.15) is 99.6 Å². The molecule has 2 saturated heterocycles. The summed E-state index contributed by atoms with van der Waals surface area (Å²) in [6.07, 6.45) is 2.22. The van der Waals surface area contributed by atoms with Gasteiger partial charge in [-0.25, -0.2) is 27.6 Å². The Morgan fingerprint density at radius 3 is 2.30 bits per heavy atom. The number of ether oxygens (including phenoxy) is 6. The van der Waals surface area contributed by atoms with Crippen molar-refractivity contribution in [2.45, 2.75) is 146 Å². The van der Waals surface area contributed by atoms with Crippen molar-refractivity contribution in [2.24, 2.45) is 0 Å². The molecular formula is C36H55ClN5O13PS. The van der Waals surface area contributed by atoms with E-state index >= 15 is 0 Å². The van der Waals surface area contributed by atoms with Gasteiger partial charge >= 0.3 is 13.7 Å². The molecule has 2 amide bonds. The molecule has 4 heterocycles. The molecule has 57 heavy (non-hydrogen) atoms. The van der Waals surface area contributed by atoms with Crippen LogP contribution in [0.15, 0.2) is 12.3 Å². The maximum atomic E-state index is 14.6. The van der Waals surface area contributed by atoms with E-state index in [1.807, 2.05) is 0 Å². The van der Waals surface area contributed by atoms with Crippen LogP contribution < -0.4 is 9.62 Å². The molecular weight excluding hydrogens is 809 g/mol. The molecule has 2 saturated carbocycles. The average Bonchev–Trinajstić information content (AvgIpc) is 3.86. The summed E-state index contributed by atoms with van der Waals surface area (Å²) in [4.78, 5) is 34.2. The first kappa shape index (κ1) is 44.1. The summed E-state index contributed by atoms with van der Waals surface area (Å²) >= 11 is 6.67. The second-order valence-corrected chi connectivity index (χ2v) is 20.7. The molecule has 1 N–H and O–H groups in total. The third-order valence-electron chi connectivity index (χ3n) is 10.4. The van der Waals surface area contributed by atoms with Gasteiger partial charge in [-0.3, -0.25) is 14.3 Å². The third kappa shape index (κ3) is 8.89. The van der Waals surface area contributed by atoms with Gasteiger partial charge in [0.25, 0.3) is 11.2 Å². The van der Waals surface area contributed by atoms with Crippen LogP contribution in [-0.2, 0) is 56.9 Å². The van der Waals surface area contributed by atoms with Gasteiger partial charge < -0.3 is 37.5 Å². The molecule has 320 valence electrons. The van der Waals surface area contributed by atoms with Crippen LogP contribution in [0.25, 0.3) is 11.0 Å². The van der Waals surface area contributed by atoms with Crippen molar-refractivity contribution in [3.8, 4) is 0 Å². The lowest BCUT2D eigenvalue weighted by Gasteiger charge is -2.38. The number of amides is 2. The van der Waals surface area contributed by atoms with Gasteiger partial charge in [-0.15, -0.1) is 0 Å². The minimum atomic E-state index is -4.63. The Hall–Kier alpha value is -2.45. The van der Waals surface area contributed by atoms with E-state index in [4.69, 9.17) is 49.1 Å². The lowest BCUT2D eigenvalue weighted by atomic mass is 10.0. The number of sulfonamides is 1. The normalized spacial score (nSPS) is 25.3. The van der Waals surface area contributed by atoms with Crippen molar-refractivity contribution in [1.29, 1.82) is 0 Å². The van der Waals surface area contributed by atoms with E-state index in [-0.39, 0.29) is 30.1 Å². The molecule has 0 spiro atoms. The number of carbonyl (C=O) groups is 2. The first-order valence-corrected chi connectivity index (χ1v) is 22.9. The number of carbonyl (C=O) groups excluding carboxylic acids is 2. The van der Waals surface area contributed by atoms with Crippen molar-refractivity contribution in [2.75, 3.05) is 38.4 Å². The van der Waals surface area contributed by atoms with Gasteiger partial charge in [-0.1, -0.05) is 30.9 Å². The fourth-order valence-electron chi connectivity index (χ4n) is 7.70. The molecule has 0 bridgehead atoms. The van der Waals surface area contributed by atoms with Crippen LogP contribution in [0, 0.1) is 0 Å². The molecule has 6 rings (SSSR count). The number of hydrogen-bond acceptors (Lipinski definition) is 15. The molecule has 4 aliphatic rings. The fraction of sp³-hybridized carbons (Fsp3) is 0.778. The topological polar surface area (TPSA) is 205 Å². The number of hydrogen-bond donors (Lipinski definition) is 1. The summed E-state index contributed by atoms with van der Waals surface area (Å²) in [6, 6.07) is 1.48. The molecule has 21 heteroatoms. The Kier molecular flexibility index (Phi) is 13.1. The van der Waals surface area contributed by atoms with E-state index in [2.05, 4.69) is 14.8 Å². The quantitative estimate of drug-likeness (QED) is 0.156. The van der Waals surface area contributed by atoms with Gasteiger partial charge in [0.1, 0.15) is 29.1 Å². The van der Waals surface area contributed by atoms with Gasteiger partial charge in [0.05, 0.1) is 48.9 Å². The lowest BCUT2D eigenvalue weighted by molar-refractivity contribution is -0.207. The van der Waals surface area contributed by atoms with Gasteiger partial charge in [-0.2, -0.15) is 5.10 Å². The summed E-state index contributed by atoms with van der Waals surface area (Å²) in [7, 11) is -7.57. The average molecular weight is 864 g/mol. The molecule has 2 aromatic heterocycles. The molecule has 2 aliphatic heterocycles. The number of methoxy groups -OCH3 is 1. The Bertz CT molecular complexity index is 1940. The van der Waals surface area contributed by atoms with E-state index in [0.29, 0.717) is 30.3 Å². The fourth-order valence-corrected chi connectivity index (χ4v) is 11.5. The van der Waals surface area contributed by atoms with Gasteiger partial charge in [0.15, 0.2) is 17.7 Å². The van der Waals surface area contributed by atoms with E-state index in [1.54, 1.807) is 65.6 Å². The van der Waals surface area contributed by atoms with Crippen molar-refractivity contribution in [3.63, 3.8) is 0 Å². The first-order chi connectivity index (χ1) is 26.8. The largest absolute Gasteiger partial charge is 0.443 e. The van der Waals surface area contributed by atoms with Gasteiger partial charge in [0.2, 0.25) is 10.0 Å². The van der Waals surface area contributed by atoms with E-state index in [1.165, 1.54) is 11.8 Å². The minimum Gasteiger partial charge on any atom is -0.443 e. The Morgan fingerprint density at radius 2 is 1.72 bits per heavy atom. The molecule has 0 aromatic carbocycles. The van der Waals surface area contributed by atoms with E-state index < -0.39 is 89.4 Å². The predicted octanol–water partition coefficient (Wildman–Crippen LogP) is 5.81. The second-order valence-electron chi connectivity index (χ2n) is 16.1. The van der Waals surface area contributed by atoms with E-state index in [9.17, 15) is 22.6 Å². The Balaban J connectivity index is 1.36. The first-order valence-electron chi connectivity index (χ1n) is 19.4. The molecule has 5 atom stereocenters. The highest BCUT2D eigenvalue weighted by atomic mass is 35.5. The highest BCUT2D eigenvalue weighted by molar-refractivity contribution is 7.90. The standard InChI is InChI=1S/C36H55ClN5O13PS/c1-9-50-56(45,51-10-2)36(21-48-8,32(43)40-57(46,47)23-16-13-17-23)49-20-26-28-29(54-35(6,7)53-28)31(52-26)42-30-24(19-38-42)25(18-27(37)39-30)41(22-14-11-12-15-22)33(44)55-34(3,4)5/h18-19,22-23,26,28-29,31H,9-17,20-21H2,1-8H3,(H,40,43)/t26-,28-,29-,31-,36-/m1/s1. The van der Waals surface area contributed by atoms with Crippen molar-refractivity contribution >= 4 is 57.9 Å². The van der Waals surface area contributed by atoms with Crippen LogP contribution in [0.3, 0.4) is 0 Å². The van der Waals surface area contributed by atoms with Crippen LogP contribution >= 0.6 is 19.2 Å². The third-order valence-corrected chi connectivity index (χ3v) is 14.9. The number of nitrogens with one attached hydrogen (secondary N) is 1. The Labute approximate surface area is 338 Å². The van der Waals surface area contributed by atoms with Crippen molar-refractivity contribution in [3.05, 3.63) is 17.4 Å². The highest BCUT2D eigenvalue weighted by Gasteiger charge is 2.62. The highest BCUT2D eigenvalue weighted by Crippen LogP contribution is 2.61. The molecule has 2 aromatic rings. The number of halogens is 1. The number of fused-ring (bicyclic) bond motifs is 2. The molecule has 0 radical (unpaired) electrons. The van der Waals surface area contributed by atoms with Crippen LogP contribution in [0.2, 0.25) is 5.15 Å². The lowest BCUT2D eigenvalue weighted by Crippen LogP contribution is -2.56. The predicted molar refractivity (Wildman–Crippen MR) is 207 cm³/mol. The zero-order chi connectivity index (χ0) is 41.6. The maximum Gasteiger partial charge on any atom is 0.415 e. The smallest absolute Gasteiger partial charge is 0.415 e. The Morgan fingerprint density at radius 1 is 1.07 bits per heavy atom. The van der Waals surface area contributed by atoms with E-state index in [0.717, 1.165) is 25.7 Å². The van der Waals surface area contributed by atoms with Crippen molar-refractivity contribution < 1.29 is 60.0 Å². The molecule has 0 unspecified atom stereocenters. The maximum absolute atomic E-state index is 14.6. The summed E-state index contributed by atoms with van der Waals surface area (Å²) in [5.41, 5.74) is 0.00958. The van der Waals surface area contributed by atoms with Gasteiger partial charge in [0, 0.05) is 19.2 Å². The number of rotatable bonds is 16.